The van der Waals surface area contributed by atoms with Crippen LogP contribution in [0.4, 0.5) is 13.2 Å². The van der Waals surface area contributed by atoms with Crippen LogP contribution in [0.2, 0.25) is 0 Å². The highest BCUT2D eigenvalue weighted by Gasteiger charge is 2.37. The summed E-state index contributed by atoms with van der Waals surface area (Å²) in [6.45, 7) is 4.53. The van der Waals surface area contributed by atoms with Gasteiger partial charge in [0.1, 0.15) is 0 Å². The molecule has 0 aromatic heterocycles. The third kappa shape index (κ3) is 7.57. The summed E-state index contributed by atoms with van der Waals surface area (Å²) in [5.41, 5.74) is -0.771. The summed E-state index contributed by atoms with van der Waals surface area (Å²) in [6, 6.07) is 9.88. The van der Waals surface area contributed by atoms with Crippen LogP contribution in [-0.2, 0) is 30.5 Å². The van der Waals surface area contributed by atoms with Crippen molar-refractivity contribution in [1.82, 2.24) is 10.0 Å². The Morgan fingerprint density at radius 1 is 0.970 bits per heavy atom. The van der Waals surface area contributed by atoms with E-state index in [1.54, 1.807) is 44.2 Å². The lowest BCUT2D eigenvalue weighted by Crippen LogP contribution is -2.46. The molecule has 1 unspecified atom stereocenters. The number of carbonyl (C=O) groups is 2. The van der Waals surface area contributed by atoms with Crippen molar-refractivity contribution in [1.29, 1.82) is 0 Å². The third-order valence-corrected chi connectivity index (χ3v) is 6.06. The summed E-state index contributed by atoms with van der Waals surface area (Å²) in [5, 5.41) is 2.57. The van der Waals surface area contributed by atoms with E-state index in [0.29, 0.717) is 11.6 Å². The number of hydrogen-bond donors (Lipinski definition) is 2. The average Bonchev–Trinajstić information content (AvgIpc) is 2.72. The largest absolute Gasteiger partial charge is 0.463 e. The molecular formula is C22H25F3N2O5S. The summed E-state index contributed by atoms with van der Waals surface area (Å²) in [4.78, 5) is 23.9. The summed E-state index contributed by atoms with van der Waals surface area (Å²) in [5.74, 6) is -1.40. The van der Waals surface area contributed by atoms with Gasteiger partial charge in [0, 0.05) is 0 Å². The predicted molar refractivity (Wildman–Crippen MR) is 114 cm³/mol. The average molecular weight is 487 g/mol. The molecule has 180 valence electrons. The van der Waals surface area contributed by atoms with Crippen LogP contribution in [0.25, 0.3) is 0 Å². The first kappa shape index (κ1) is 26.3. The number of alkyl halides is 3. The molecular weight excluding hydrogens is 461 g/mol. The van der Waals surface area contributed by atoms with E-state index in [9.17, 15) is 31.2 Å². The monoisotopic (exact) mass is 486 g/mol. The number of rotatable bonds is 9. The van der Waals surface area contributed by atoms with Crippen LogP contribution in [0.1, 0.15) is 44.4 Å². The Hall–Kier alpha value is -2.92. The second kappa shape index (κ2) is 10.8. The molecule has 0 heterocycles. The van der Waals surface area contributed by atoms with Gasteiger partial charge in [-0.15, -0.1) is 0 Å². The van der Waals surface area contributed by atoms with Crippen LogP contribution in [0.3, 0.4) is 0 Å². The zero-order valence-corrected chi connectivity index (χ0v) is 19.0. The van der Waals surface area contributed by atoms with Gasteiger partial charge in [-0.3, -0.25) is 9.59 Å². The molecule has 2 atom stereocenters. The van der Waals surface area contributed by atoms with Crippen LogP contribution in [0, 0.1) is 0 Å². The molecule has 0 aliphatic heterocycles. The van der Waals surface area contributed by atoms with Gasteiger partial charge in [-0.2, -0.15) is 17.9 Å². The molecule has 0 bridgehead atoms. The molecule has 2 aromatic rings. The molecule has 0 saturated carbocycles. The van der Waals surface area contributed by atoms with Crippen molar-refractivity contribution in [3.05, 3.63) is 65.7 Å². The van der Waals surface area contributed by atoms with Gasteiger partial charge in [-0.25, -0.2) is 8.42 Å². The Balaban J connectivity index is 2.21. The minimum Gasteiger partial charge on any atom is -0.463 e. The molecule has 2 rings (SSSR count). The van der Waals surface area contributed by atoms with E-state index in [1.165, 1.54) is 6.92 Å². The number of carbonyl (C=O) groups excluding carboxylic acids is 2. The highest BCUT2D eigenvalue weighted by Crippen LogP contribution is 2.34. The van der Waals surface area contributed by atoms with Gasteiger partial charge in [-0.05, 0) is 38.5 Å². The summed E-state index contributed by atoms with van der Waals surface area (Å²) < 4.78 is 72.0. The molecule has 33 heavy (non-hydrogen) atoms. The molecule has 11 heteroatoms. The molecule has 0 aliphatic carbocycles. The fraction of sp³-hybridized carbons (Fsp3) is 0.364. The van der Waals surface area contributed by atoms with E-state index in [0.717, 1.165) is 18.2 Å². The minimum absolute atomic E-state index is 0.218. The number of halogens is 3. The first-order chi connectivity index (χ1) is 15.3. The maximum absolute atomic E-state index is 13.2. The lowest BCUT2D eigenvalue weighted by atomic mass is 10.0. The Kier molecular flexibility index (Phi) is 8.62. The third-order valence-electron chi connectivity index (χ3n) is 4.46. The topological polar surface area (TPSA) is 102 Å². The molecule has 0 aliphatic rings. The second-order valence-electron chi connectivity index (χ2n) is 7.55. The van der Waals surface area contributed by atoms with Gasteiger partial charge in [0.05, 0.1) is 35.1 Å². The van der Waals surface area contributed by atoms with E-state index < -0.39 is 50.6 Å². The zero-order chi connectivity index (χ0) is 24.8. The fourth-order valence-corrected chi connectivity index (χ4v) is 4.43. The number of nitrogens with one attached hydrogen (secondary N) is 2. The SMILES string of the molecule is CC(C)OC(=O)CC(NC(=O)[C@H](C)NS(=O)(=O)c1ccccc1C(F)(F)F)c1ccccc1. The quantitative estimate of drug-likeness (QED) is 0.528. The lowest BCUT2D eigenvalue weighted by Gasteiger charge is -2.22. The molecule has 0 spiro atoms. The van der Waals surface area contributed by atoms with Crippen LogP contribution < -0.4 is 10.0 Å². The van der Waals surface area contributed by atoms with Crippen molar-refractivity contribution in [2.45, 2.75) is 56.5 Å². The molecule has 0 fully saturated rings. The Labute approximate surface area is 190 Å². The number of esters is 1. The van der Waals surface area contributed by atoms with Gasteiger partial charge in [0.15, 0.2) is 0 Å². The molecule has 7 nitrogen and oxygen atoms in total. The number of amides is 1. The van der Waals surface area contributed by atoms with E-state index >= 15 is 0 Å². The number of hydrogen-bond acceptors (Lipinski definition) is 5. The number of benzene rings is 2. The van der Waals surface area contributed by atoms with Gasteiger partial charge >= 0.3 is 12.1 Å². The predicted octanol–water partition coefficient (Wildman–Crippen LogP) is 3.57. The molecule has 2 N–H and O–H groups in total. The molecule has 1 amide bonds. The fourth-order valence-electron chi connectivity index (χ4n) is 3.00. The Morgan fingerprint density at radius 3 is 2.12 bits per heavy atom. The zero-order valence-electron chi connectivity index (χ0n) is 18.2. The lowest BCUT2D eigenvalue weighted by molar-refractivity contribution is -0.148. The minimum atomic E-state index is -4.90. The van der Waals surface area contributed by atoms with E-state index in [2.05, 4.69) is 5.32 Å². The van der Waals surface area contributed by atoms with Crippen LogP contribution >= 0.6 is 0 Å². The summed E-state index contributed by atoms with van der Waals surface area (Å²) in [6.07, 6.45) is -5.49. The van der Waals surface area contributed by atoms with Crippen LogP contribution in [-0.4, -0.2) is 32.4 Å². The van der Waals surface area contributed by atoms with E-state index in [-0.39, 0.29) is 12.5 Å². The number of ether oxygens (including phenoxy) is 1. The highest BCUT2D eigenvalue weighted by atomic mass is 32.2. The first-order valence-electron chi connectivity index (χ1n) is 10.0. The maximum atomic E-state index is 13.2. The summed E-state index contributed by atoms with van der Waals surface area (Å²) >= 11 is 0. The van der Waals surface area contributed by atoms with Crippen molar-refractivity contribution in [2.75, 3.05) is 0 Å². The standard InChI is InChI=1S/C22H25F3N2O5S/c1-14(2)32-20(28)13-18(16-9-5-4-6-10-16)26-21(29)15(3)27-33(30,31)19-12-8-7-11-17(19)22(23,24)25/h4-12,14-15,18,27H,13H2,1-3H3,(H,26,29)/t15-,18?/m0/s1. The van der Waals surface area contributed by atoms with Crippen molar-refractivity contribution >= 4 is 21.9 Å². The Bertz CT molecular complexity index is 1070. The molecule has 0 radical (unpaired) electrons. The van der Waals surface area contributed by atoms with Crippen LogP contribution in [0.15, 0.2) is 59.5 Å². The van der Waals surface area contributed by atoms with Crippen molar-refractivity contribution in [3.8, 4) is 0 Å². The second-order valence-corrected chi connectivity index (χ2v) is 9.23. The highest BCUT2D eigenvalue weighted by molar-refractivity contribution is 7.89. The van der Waals surface area contributed by atoms with Gasteiger partial charge in [0.25, 0.3) is 0 Å². The number of sulfonamides is 1. The maximum Gasteiger partial charge on any atom is 0.417 e. The van der Waals surface area contributed by atoms with Gasteiger partial charge in [0.2, 0.25) is 15.9 Å². The van der Waals surface area contributed by atoms with Crippen molar-refractivity contribution in [2.24, 2.45) is 0 Å². The molecule has 0 saturated heterocycles. The summed E-state index contributed by atoms with van der Waals surface area (Å²) in [7, 11) is -4.68. The smallest absolute Gasteiger partial charge is 0.417 e. The van der Waals surface area contributed by atoms with Crippen molar-refractivity contribution in [3.63, 3.8) is 0 Å². The normalized spacial score (nSPS) is 13.9. The van der Waals surface area contributed by atoms with E-state index in [1.807, 2.05) is 4.72 Å². The Morgan fingerprint density at radius 2 is 1.55 bits per heavy atom. The van der Waals surface area contributed by atoms with E-state index in [4.69, 9.17) is 4.74 Å². The van der Waals surface area contributed by atoms with Crippen LogP contribution in [0.5, 0.6) is 0 Å². The van der Waals surface area contributed by atoms with Crippen molar-refractivity contribution < 1.29 is 35.9 Å². The van der Waals surface area contributed by atoms with Gasteiger partial charge in [-0.1, -0.05) is 42.5 Å². The van der Waals surface area contributed by atoms with Gasteiger partial charge < -0.3 is 10.1 Å². The molecule has 2 aromatic carbocycles. The first-order valence-corrected chi connectivity index (χ1v) is 11.5.